The van der Waals surface area contributed by atoms with Gasteiger partial charge in [0.05, 0.1) is 0 Å². The van der Waals surface area contributed by atoms with Crippen LogP contribution in [0.5, 0.6) is 0 Å². The molecule has 1 saturated carbocycles. The van der Waals surface area contributed by atoms with Gasteiger partial charge in [0.15, 0.2) is 0 Å². The van der Waals surface area contributed by atoms with E-state index in [1.165, 1.54) is 31.3 Å². The smallest absolute Gasteiger partial charge is 0.0459 e. The summed E-state index contributed by atoms with van der Waals surface area (Å²) in [7, 11) is 0. The summed E-state index contributed by atoms with van der Waals surface area (Å²) >= 11 is 0. The zero-order valence-electron chi connectivity index (χ0n) is 8.92. The number of aliphatic hydroxyl groups is 1. The average Bonchev–Trinajstić information content (AvgIpc) is 2.56. The quantitative estimate of drug-likeness (QED) is 0.662. The van der Waals surface area contributed by atoms with Gasteiger partial charge in [-0.05, 0) is 38.0 Å². The highest BCUT2D eigenvalue weighted by atomic mass is 16.3. The van der Waals surface area contributed by atoms with Gasteiger partial charge in [-0.25, -0.2) is 0 Å². The SMILES string of the molecule is C/C(=C\C1CCCC1)C[C@@H](C)CO. The third-order valence-electron chi connectivity index (χ3n) is 2.90. The third kappa shape index (κ3) is 3.95. The number of allylic oxidation sites excluding steroid dienone is 2. The minimum Gasteiger partial charge on any atom is -0.396 e. The third-order valence-corrected chi connectivity index (χ3v) is 2.90. The van der Waals surface area contributed by atoms with Gasteiger partial charge in [-0.1, -0.05) is 31.4 Å². The van der Waals surface area contributed by atoms with E-state index in [-0.39, 0.29) is 0 Å². The average molecular weight is 182 g/mol. The maximum atomic E-state index is 8.92. The van der Waals surface area contributed by atoms with Crippen LogP contribution in [0.3, 0.4) is 0 Å². The highest BCUT2D eigenvalue weighted by Gasteiger charge is 2.12. The number of hydrogen-bond donors (Lipinski definition) is 1. The lowest BCUT2D eigenvalue weighted by atomic mass is 9.98. The molecule has 1 atom stereocenters. The van der Waals surface area contributed by atoms with Gasteiger partial charge in [-0.2, -0.15) is 0 Å². The fraction of sp³-hybridized carbons (Fsp3) is 0.833. The van der Waals surface area contributed by atoms with Crippen molar-refractivity contribution in [3.05, 3.63) is 11.6 Å². The van der Waals surface area contributed by atoms with Crippen molar-refractivity contribution >= 4 is 0 Å². The number of hydrogen-bond acceptors (Lipinski definition) is 1. The zero-order chi connectivity index (χ0) is 9.68. The molecule has 0 saturated heterocycles. The Hall–Kier alpha value is -0.300. The molecule has 1 heteroatoms. The van der Waals surface area contributed by atoms with Gasteiger partial charge in [0.1, 0.15) is 0 Å². The molecule has 0 amide bonds. The molecule has 0 heterocycles. The van der Waals surface area contributed by atoms with Gasteiger partial charge in [-0.15, -0.1) is 0 Å². The van der Waals surface area contributed by atoms with E-state index in [1.54, 1.807) is 0 Å². The maximum absolute atomic E-state index is 8.92. The van der Waals surface area contributed by atoms with Crippen LogP contribution < -0.4 is 0 Å². The van der Waals surface area contributed by atoms with Crippen molar-refractivity contribution in [3.63, 3.8) is 0 Å². The van der Waals surface area contributed by atoms with Crippen LogP contribution in [0.25, 0.3) is 0 Å². The molecule has 1 nitrogen and oxygen atoms in total. The van der Waals surface area contributed by atoms with E-state index in [0.29, 0.717) is 12.5 Å². The lowest BCUT2D eigenvalue weighted by Crippen LogP contribution is -2.01. The van der Waals surface area contributed by atoms with Gasteiger partial charge >= 0.3 is 0 Å². The number of rotatable bonds is 4. The van der Waals surface area contributed by atoms with E-state index in [1.807, 2.05) is 0 Å². The van der Waals surface area contributed by atoms with Crippen LogP contribution in [-0.2, 0) is 0 Å². The molecular weight excluding hydrogens is 160 g/mol. The summed E-state index contributed by atoms with van der Waals surface area (Å²) in [5.74, 6) is 1.27. The summed E-state index contributed by atoms with van der Waals surface area (Å²) in [6, 6.07) is 0. The Labute approximate surface area is 81.9 Å². The molecule has 0 aromatic rings. The van der Waals surface area contributed by atoms with Crippen LogP contribution >= 0.6 is 0 Å². The minimum atomic E-state index is 0.315. The first kappa shape index (κ1) is 10.8. The van der Waals surface area contributed by atoms with Crippen molar-refractivity contribution in [2.45, 2.75) is 46.0 Å². The molecule has 0 bridgehead atoms. The summed E-state index contributed by atoms with van der Waals surface area (Å²) in [4.78, 5) is 0. The highest BCUT2D eigenvalue weighted by molar-refractivity contribution is 5.03. The predicted molar refractivity (Wildman–Crippen MR) is 56.6 cm³/mol. The summed E-state index contributed by atoms with van der Waals surface area (Å²) in [5, 5.41) is 8.92. The monoisotopic (exact) mass is 182 g/mol. The first-order valence-electron chi connectivity index (χ1n) is 5.50. The molecule has 13 heavy (non-hydrogen) atoms. The van der Waals surface area contributed by atoms with Crippen LogP contribution in [0.2, 0.25) is 0 Å². The Balaban J connectivity index is 2.31. The lowest BCUT2D eigenvalue weighted by molar-refractivity contribution is 0.236. The van der Waals surface area contributed by atoms with Crippen LogP contribution in [0.15, 0.2) is 11.6 Å². The molecule has 0 aromatic heterocycles. The predicted octanol–water partition coefficient (Wildman–Crippen LogP) is 3.14. The van der Waals surface area contributed by atoms with Crippen LogP contribution in [-0.4, -0.2) is 11.7 Å². The fourth-order valence-electron chi connectivity index (χ4n) is 2.21. The van der Waals surface area contributed by atoms with Gasteiger partial charge in [-0.3, -0.25) is 0 Å². The van der Waals surface area contributed by atoms with Crippen LogP contribution in [0.4, 0.5) is 0 Å². The van der Waals surface area contributed by atoms with Gasteiger partial charge in [0.25, 0.3) is 0 Å². The standard InChI is InChI=1S/C12H22O/c1-10(7-11(2)9-13)8-12-5-3-4-6-12/h8,11-13H,3-7,9H2,1-2H3/b10-8+/t11-/m1/s1. The highest BCUT2D eigenvalue weighted by Crippen LogP contribution is 2.27. The summed E-state index contributed by atoms with van der Waals surface area (Å²) < 4.78 is 0. The summed E-state index contributed by atoms with van der Waals surface area (Å²) in [6.45, 7) is 4.62. The van der Waals surface area contributed by atoms with Crippen LogP contribution in [0, 0.1) is 11.8 Å². The van der Waals surface area contributed by atoms with Gasteiger partial charge in [0, 0.05) is 6.61 Å². The van der Waals surface area contributed by atoms with Crippen LogP contribution in [0.1, 0.15) is 46.0 Å². The van der Waals surface area contributed by atoms with E-state index in [9.17, 15) is 0 Å². The van der Waals surface area contributed by atoms with Gasteiger partial charge in [0.2, 0.25) is 0 Å². The lowest BCUT2D eigenvalue weighted by Gasteiger charge is -2.10. The molecule has 1 fully saturated rings. The Morgan fingerprint density at radius 2 is 2.08 bits per heavy atom. The first-order chi connectivity index (χ1) is 6.22. The van der Waals surface area contributed by atoms with E-state index in [2.05, 4.69) is 19.9 Å². The Morgan fingerprint density at radius 3 is 2.62 bits per heavy atom. The van der Waals surface area contributed by atoms with Crippen molar-refractivity contribution in [3.8, 4) is 0 Å². The normalized spacial score (nSPS) is 22.2. The number of aliphatic hydroxyl groups excluding tert-OH is 1. The second kappa shape index (κ2) is 5.43. The molecule has 0 radical (unpaired) electrons. The Morgan fingerprint density at radius 1 is 1.46 bits per heavy atom. The second-order valence-corrected chi connectivity index (χ2v) is 4.55. The largest absolute Gasteiger partial charge is 0.396 e. The molecule has 0 unspecified atom stereocenters. The maximum Gasteiger partial charge on any atom is 0.0459 e. The molecule has 1 aliphatic rings. The van der Waals surface area contributed by atoms with Gasteiger partial charge < -0.3 is 5.11 Å². The van der Waals surface area contributed by atoms with Crippen molar-refractivity contribution in [2.75, 3.05) is 6.61 Å². The molecule has 1 rings (SSSR count). The minimum absolute atomic E-state index is 0.315. The van der Waals surface area contributed by atoms with E-state index >= 15 is 0 Å². The molecule has 1 N–H and O–H groups in total. The second-order valence-electron chi connectivity index (χ2n) is 4.55. The molecule has 1 aliphatic carbocycles. The molecular formula is C12H22O. The Bertz CT molecular complexity index is 166. The summed E-state index contributed by atoms with van der Waals surface area (Å²) in [5.41, 5.74) is 1.47. The van der Waals surface area contributed by atoms with Crippen molar-refractivity contribution in [1.82, 2.24) is 0 Å². The molecule has 0 aromatic carbocycles. The van der Waals surface area contributed by atoms with E-state index in [4.69, 9.17) is 5.11 Å². The van der Waals surface area contributed by atoms with E-state index < -0.39 is 0 Å². The molecule has 0 aliphatic heterocycles. The topological polar surface area (TPSA) is 20.2 Å². The molecule has 0 spiro atoms. The Kier molecular flexibility index (Phi) is 4.51. The van der Waals surface area contributed by atoms with Crippen molar-refractivity contribution < 1.29 is 5.11 Å². The van der Waals surface area contributed by atoms with Crippen molar-refractivity contribution in [1.29, 1.82) is 0 Å². The fourth-order valence-corrected chi connectivity index (χ4v) is 2.21. The van der Waals surface area contributed by atoms with Crippen molar-refractivity contribution in [2.24, 2.45) is 11.8 Å². The zero-order valence-corrected chi connectivity index (χ0v) is 8.92. The van der Waals surface area contributed by atoms with E-state index in [0.717, 1.165) is 12.3 Å². The first-order valence-corrected chi connectivity index (χ1v) is 5.50. The molecule has 76 valence electrons. The summed E-state index contributed by atoms with van der Waals surface area (Å²) in [6.07, 6.45) is 9.07.